The monoisotopic (exact) mass is 292 g/mol. The van der Waals surface area contributed by atoms with Crippen molar-refractivity contribution in [2.24, 2.45) is 0 Å². The minimum absolute atomic E-state index is 1.08. The highest BCUT2D eigenvalue weighted by atomic mass is 14.1. The molecule has 0 aliphatic carbocycles. The molecule has 2 rings (SSSR count). The molecule has 0 heteroatoms. The zero-order valence-corrected chi connectivity index (χ0v) is 14.4. The van der Waals surface area contributed by atoms with E-state index in [4.69, 9.17) is 0 Å². The van der Waals surface area contributed by atoms with Gasteiger partial charge >= 0.3 is 0 Å². The summed E-state index contributed by atoms with van der Waals surface area (Å²) in [5.41, 5.74) is 6.26. The van der Waals surface area contributed by atoms with Crippen molar-refractivity contribution in [2.45, 2.75) is 40.5 Å². The molecular formula is C22H28. The first-order valence-corrected chi connectivity index (χ1v) is 8.23. The maximum absolute atomic E-state index is 4.26. The molecule has 0 radical (unpaired) electrons. The van der Waals surface area contributed by atoms with E-state index in [-0.39, 0.29) is 0 Å². The number of hydrogen-bond donors (Lipinski definition) is 0. The van der Waals surface area contributed by atoms with Crippen LogP contribution < -0.4 is 0 Å². The van der Waals surface area contributed by atoms with Crippen molar-refractivity contribution >= 4 is 11.1 Å². The molecule has 0 aromatic heterocycles. The Hall–Kier alpha value is -2.08. The molecule has 0 aliphatic rings. The third kappa shape index (κ3) is 5.04. The molecule has 0 N–H and O–H groups in total. The second kappa shape index (κ2) is 9.78. The predicted molar refractivity (Wildman–Crippen MR) is 101 cm³/mol. The zero-order valence-electron chi connectivity index (χ0n) is 14.4. The van der Waals surface area contributed by atoms with E-state index >= 15 is 0 Å². The maximum atomic E-state index is 4.26. The van der Waals surface area contributed by atoms with Gasteiger partial charge in [-0.25, -0.2) is 0 Å². The lowest BCUT2D eigenvalue weighted by molar-refractivity contribution is 0.973. The SMILES string of the molecule is C=C(/C=C(\CCC)c1ccccc1)c1ccccc1C.CC. The summed E-state index contributed by atoms with van der Waals surface area (Å²) in [4.78, 5) is 0. The number of aryl methyl sites for hydroxylation is 1. The second-order valence-electron chi connectivity index (χ2n) is 5.13. The van der Waals surface area contributed by atoms with Gasteiger partial charge in [-0.1, -0.05) is 94.4 Å². The summed E-state index contributed by atoms with van der Waals surface area (Å²) in [6.45, 7) is 12.6. The van der Waals surface area contributed by atoms with Crippen LogP contribution in [0.2, 0.25) is 0 Å². The zero-order chi connectivity index (χ0) is 16.4. The third-order valence-electron chi connectivity index (χ3n) is 3.50. The van der Waals surface area contributed by atoms with Crippen molar-refractivity contribution in [2.75, 3.05) is 0 Å². The van der Waals surface area contributed by atoms with E-state index in [1.54, 1.807) is 0 Å². The molecule has 22 heavy (non-hydrogen) atoms. The van der Waals surface area contributed by atoms with Crippen LogP contribution in [-0.2, 0) is 0 Å². The first-order chi connectivity index (χ1) is 10.7. The van der Waals surface area contributed by atoms with E-state index in [9.17, 15) is 0 Å². The molecular weight excluding hydrogens is 264 g/mol. The molecule has 0 saturated carbocycles. The molecule has 0 spiro atoms. The van der Waals surface area contributed by atoms with Crippen molar-refractivity contribution in [1.29, 1.82) is 0 Å². The van der Waals surface area contributed by atoms with Gasteiger partial charge in [-0.05, 0) is 41.2 Å². The van der Waals surface area contributed by atoms with Crippen LogP contribution in [0.25, 0.3) is 11.1 Å². The van der Waals surface area contributed by atoms with E-state index in [0.29, 0.717) is 0 Å². The summed E-state index contributed by atoms with van der Waals surface area (Å²) in [5, 5.41) is 0. The summed E-state index contributed by atoms with van der Waals surface area (Å²) in [6.07, 6.45) is 4.46. The highest BCUT2D eigenvalue weighted by Crippen LogP contribution is 2.26. The Bertz CT molecular complexity index is 603. The summed E-state index contributed by atoms with van der Waals surface area (Å²) >= 11 is 0. The number of rotatable bonds is 5. The molecule has 2 aromatic rings. The van der Waals surface area contributed by atoms with E-state index in [1.165, 1.54) is 22.3 Å². The van der Waals surface area contributed by atoms with Crippen LogP contribution in [0.1, 0.15) is 50.3 Å². The highest BCUT2D eigenvalue weighted by molar-refractivity contribution is 5.83. The van der Waals surface area contributed by atoms with Crippen molar-refractivity contribution < 1.29 is 0 Å². The number of hydrogen-bond acceptors (Lipinski definition) is 0. The van der Waals surface area contributed by atoms with Crippen molar-refractivity contribution in [3.8, 4) is 0 Å². The van der Waals surface area contributed by atoms with Crippen molar-refractivity contribution in [3.63, 3.8) is 0 Å². The molecule has 0 unspecified atom stereocenters. The summed E-state index contributed by atoms with van der Waals surface area (Å²) in [6, 6.07) is 19.0. The molecule has 0 bridgehead atoms. The fourth-order valence-electron chi connectivity index (χ4n) is 2.44. The Labute approximate surface area is 136 Å². The van der Waals surface area contributed by atoms with Gasteiger partial charge in [0.15, 0.2) is 0 Å². The fourth-order valence-corrected chi connectivity index (χ4v) is 2.44. The van der Waals surface area contributed by atoms with E-state index < -0.39 is 0 Å². The van der Waals surface area contributed by atoms with E-state index in [1.807, 2.05) is 13.8 Å². The quantitative estimate of drug-likeness (QED) is 0.525. The van der Waals surface area contributed by atoms with Gasteiger partial charge < -0.3 is 0 Å². The van der Waals surface area contributed by atoms with Crippen LogP contribution in [0.3, 0.4) is 0 Å². The summed E-state index contributed by atoms with van der Waals surface area (Å²) < 4.78 is 0. The van der Waals surface area contributed by atoms with Gasteiger partial charge in [0.1, 0.15) is 0 Å². The molecule has 0 nitrogen and oxygen atoms in total. The van der Waals surface area contributed by atoms with Crippen LogP contribution in [0.15, 0.2) is 67.3 Å². The molecule has 0 aliphatic heterocycles. The molecule has 2 aromatic carbocycles. The lowest BCUT2D eigenvalue weighted by Gasteiger charge is -2.10. The maximum Gasteiger partial charge on any atom is -0.0161 e. The van der Waals surface area contributed by atoms with Gasteiger partial charge in [-0.3, -0.25) is 0 Å². The molecule has 0 saturated heterocycles. The molecule has 0 heterocycles. The van der Waals surface area contributed by atoms with Gasteiger partial charge in [0.25, 0.3) is 0 Å². The molecule has 0 fully saturated rings. The first-order valence-electron chi connectivity index (χ1n) is 8.23. The van der Waals surface area contributed by atoms with Gasteiger partial charge in [0.05, 0.1) is 0 Å². The minimum atomic E-state index is 1.08. The Morgan fingerprint density at radius 1 is 0.955 bits per heavy atom. The smallest absolute Gasteiger partial charge is 0.0161 e. The third-order valence-corrected chi connectivity index (χ3v) is 3.50. The lowest BCUT2D eigenvalue weighted by atomic mass is 9.95. The largest absolute Gasteiger partial charge is 0.0911 e. The van der Waals surface area contributed by atoms with Crippen LogP contribution in [0, 0.1) is 6.92 Å². The fraction of sp³-hybridized carbons (Fsp3) is 0.273. The van der Waals surface area contributed by atoms with Gasteiger partial charge in [-0.15, -0.1) is 0 Å². The Morgan fingerprint density at radius 2 is 1.55 bits per heavy atom. The Kier molecular flexibility index (Phi) is 7.99. The topological polar surface area (TPSA) is 0 Å². The van der Waals surface area contributed by atoms with Crippen LogP contribution in [-0.4, -0.2) is 0 Å². The van der Waals surface area contributed by atoms with E-state index in [0.717, 1.165) is 18.4 Å². The van der Waals surface area contributed by atoms with Crippen LogP contribution in [0.4, 0.5) is 0 Å². The summed E-state index contributed by atoms with van der Waals surface area (Å²) in [5.74, 6) is 0. The van der Waals surface area contributed by atoms with Crippen molar-refractivity contribution in [1.82, 2.24) is 0 Å². The Morgan fingerprint density at radius 3 is 2.14 bits per heavy atom. The highest BCUT2D eigenvalue weighted by Gasteiger charge is 2.04. The van der Waals surface area contributed by atoms with Crippen LogP contribution in [0.5, 0.6) is 0 Å². The van der Waals surface area contributed by atoms with Gasteiger partial charge in [-0.2, -0.15) is 0 Å². The Balaban J connectivity index is 0.00000116. The van der Waals surface area contributed by atoms with Gasteiger partial charge in [0.2, 0.25) is 0 Å². The molecule has 0 atom stereocenters. The molecule has 0 amide bonds. The predicted octanol–water partition coefficient (Wildman–Crippen LogP) is 6.92. The first kappa shape index (κ1) is 18.0. The minimum Gasteiger partial charge on any atom is -0.0911 e. The average Bonchev–Trinajstić information content (AvgIpc) is 2.57. The van der Waals surface area contributed by atoms with Crippen molar-refractivity contribution in [3.05, 3.63) is 83.9 Å². The van der Waals surface area contributed by atoms with Crippen LogP contribution >= 0.6 is 0 Å². The second-order valence-corrected chi connectivity index (χ2v) is 5.13. The lowest BCUT2D eigenvalue weighted by Crippen LogP contribution is -1.88. The number of benzene rings is 2. The average molecular weight is 292 g/mol. The normalized spacial score (nSPS) is 10.6. The van der Waals surface area contributed by atoms with E-state index in [2.05, 4.69) is 81.1 Å². The standard InChI is InChI=1S/C20H22.C2H6/c1-4-10-19(18-12-6-5-7-13-18)15-17(3)20-14-9-8-11-16(20)2;1-2/h5-9,11-15H,3-4,10H2,1-2H3;1-2H3/b19-15+;. The van der Waals surface area contributed by atoms with Gasteiger partial charge in [0, 0.05) is 0 Å². The summed E-state index contributed by atoms with van der Waals surface area (Å²) in [7, 11) is 0. The number of allylic oxidation sites excluding steroid dienone is 3. The molecule has 116 valence electrons.